The SMILES string of the molecule is O=C(NCc1cc(-c2ccccc2)ncn1)c1cc2ccccc2o1. The van der Waals surface area contributed by atoms with Gasteiger partial charge in [0.15, 0.2) is 5.76 Å². The Hall–Kier alpha value is -3.47. The summed E-state index contributed by atoms with van der Waals surface area (Å²) < 4.78 is 5.57. The number of rotatable bonds is 4. The summed E-state index contributed by atoms with van der Waals surface area (Å²) in [6.45, 7) is 0.304. The summed E-state index contributed by atoms with van der Waals surface area (Å²) >= 11 is 0. The quantitative estimate of drug-likeness (QED) is 0.618. The maximum Gasteiger partial charge on any atom is 0.287 e. The molecule has 0 aliphatic carbocycles. The predicted molar refractivity (Wildman–Crippen MR) is 94.9 cm³/mol. The minimum atomic E-state index is -0.268. The van der Waals surface area contributed by atoms with Crippen molar-refractivity contribution in [3.05, 3.63) is 84.5 Å². The Bertz CT molecular complexity index is 992. The first-order valence-electron chi connectivity index (χ1n) is 7.93. The van der Waals surface area contributed by atoms with Gasteiger partial charge in [0.25, 0.3) is 5.91 Å². The van der Waals surface area contributed by atoms with Gasteiger partial charge in [0.05, 0.1) is 17.9 Å². The Morgan fingerprint density at radius 3 is 2.60 bits per heavy atom. The summed E-state index contributed by atoms with van der Waals surface area (Å²) in [5.74, 6) is 0.0228. The lowest BCUT2D eigenvalue weighted by Crippen LogP contribution is -2.22. The smallest absolute Gasteiger partial charge is 0.287 e. The molecule has 1 N–H and O–H groups in total. The van der Waals surface area contributed by atoms with E-state index < -0.39 is 0 Å². The largest absolute Gasteiger partial charge is 0.451 e. The molecule has 1 amide bonds. The first-order chi connectivity index (χ1) is 12.3. The first kappa shape index (κ1) is 15.1. The summed E-state index contributed by atoms with van der Waals surface area (Å²) in [5.41, 5.74) is 3.26. The Balaban J connectivity index is 1.48. The van der Waals surface area contributed by atoms with Crippen LogP contribution in [0.15, 0.2) is 77.5 Å². The number of hydrogen-bond donors (Lipinski definition) is 1. The fourth-order valence-electron chi connectivity index (χ4n) is 2.61. The van der Waals surface area contributed by atoms with E-state index in [-0.39, 0.29) is 5.91 Å². The van der Waals surface area contributed by atoms with E-state index in [2.05, 4.69) is 15.3 Å². The van der Waals surface area contributed by atoms with Gasteiger partial charge in [-0.15, -0.1) is 0 Å². The molecule has 2 aromatic heterocycles. The molecule has 2 heterocycles. The maximum absolute atomic E-state index is 12.3. The Morgan fingerprint density at radius 2 is 1.76 bits per heavy atom. The number of carbonyl (C=O) groups excluding carboxylic acids is 1. The van der Waals surface area contributed by atoms with Crippen molar-refractivity contribution in [2.45, 2.75) is 6.54 Å². The fraction of sp³-hybridized carbons (Fsp3) is 0.0500. The van der Waals surface area contributed by atoms with Gasteiger partial charge in [0, 0.05) is 10.9 Å². The van der Waals surface area contributed by atoms with Gasteiger partial charge in [-0.25, -0.2) is 9.97 Å². The number of nitrogens with zero attached hydrogens (tertiary/aromatic N) is 2. The minimum absolute atomic E-state index is 0.268. The number of nitrogens with one attached hydrogen (secondary N) is 1. The number of carbonyl (C=O) groups is 1. The van der Waals surface area contributed by atoms with Gasteiger partial charge in [-0.2, -0.15) is 0 Å². The third-order valence-electron chi connectivity index (χ3n) is 3.87. The maximum atomic E-state index is 12.3. The lowest BCUT2D eigenvalue weighted by molar-refractivity contribution is 0.0925. The van der Waals surface area contributed by atoms with E-state index in [9.17, 15) is 4.79 Å². The van der Waals surface area contributed by atoms with E-state index in [4.69, 9.17) is 4.42 Å². The summed E-state index contributed by atoms with van der Waals surface area (Å²) in [7, 11) is 0. The number of aromatic nitrogens is 2. The van der Waals surface area contributed by atoms with Crippen LogP contribution in [0.3, 0.4) is 0 Å². The van der Waals surface area contributed by atoms with E-state index in [1.54, 1.807) is 6.07 Å². The van der Waals surface area contributed by atoms with Crippen molar-refractivity contribution in [3.8, 4) is 11.3 Å². The summed E-state index contributed by atoms with van der Waals surface area (Å²) in [4.78, 5) is 20.8. The number of amides is 1. The van der Waals surface area contributed by atoms with Gasteiger partial charge < -0.3 is 9.73 Å². The van der Waals surface area contributed by atoms with Gasteiger partial charge in [-0.1, -0.05) is 48.5 Å². The number of benzene rings is 2. The zero-order chi connectivity index (χ0) is 17.1. The van der Waals surface area contributed by atoms with Crippen LogP contribution in [-0.2, 0) is 6.54 Å². The molecule has 2 aromatic carbocycles. The minimum Gasteiger partial charge on any atom is -0.451 e. The molecule has 4 rings (SSSR count). The van der Waals surface area contributed by atoms with Gasteiger partial charge in [-0.3, -0.25) is 4.79 Å². The summed E-state index contributed by atoms with van der Waals surface area (Å²) in [6.07, 6.45) is 1.50. The molecule has 0 atom stereocenters. The standard InChI is InChI=1S/C20H15N3O2/c24-20(19-10-15-8-4-5-9-18(15)25-19)21-12-16-11-17(23-13-22-16)14-6-2-1-3-7-14/h1-11,13H,12H2,(H,21,24). The van der Waals surface area contributed by atoms with Crippen molar-refractivity contribution in [1.29, 1.82) is 0 Å². The second-order valence-electron chi connectivity index (χ2n) is 5.59. The second kappa shape index (κ2) is 6.57. The highest BCUT2D eigenvalue weighted by atomic mass is 16.3. The van der Waals surface area contributed by atoms with Crippen LogP contribution in [0, 0.1) is 0 Å². The predicted octanol–water partition coefficient (Wildman–Crippen LogP) is 3.82. The van der Waals surface area contributed by atoms with Crippen LogP contribution in [0.4, 0.5) is 0 Å². The number of hydrogen-bond acceptors (Lipinski definition) is 4. The van der Waals surface area contributed by atoms with Gasteiger partial charge in [0.1, 0.15) is 11.9 Å². The molecule has 25 heavy (non-hydrogen) atoms. The van der Waals surface area contributed by atoms with Crippen LogP contribution < -0.4 is 5.32 Å². The highest BCUT2D eigenvalue weighted by molar-refractivity contribution is 5.96. The molecule has 0 fully saturated rings. The van der Waals surface area contributed by atoms with Crippen molar-refractivity contribution in [2.75, 3.05) is 0 Å². The molecule has 0 saturated heterocycles. The van der Waals surface area contributed by atoms with Gasteiger partial charge in [-0.05, 0) is 18.2 Å². The number of fused-ring (bicyclic) bond motifs is 1. The van der Waals surface area contributed by atoms with Crippen molar-refractivity contribution >= 4 is 16.9 Å². The molecule has 0 aliphatic rings. The van der Waals surface area contributed by atoms with Crippen molar-refractivity contribution in [2.24, 2.45) is 0 Å². The van der Waals surface area contributed by atoms with Crippen LogP contribution in [-0.4, -0.2) is 15.9 Å². The Labute approximate surface area is 144 Å². The fourth-order valence-corrected chi connectivity index (χ4v) is 2.61. The molecular weight excluding hydrogens is 314 g/mol. The van der Waals surface area contributed by atoms with Crippen molar-refractivity contribution in [3.63, 3.8) is 0 Å². The zero-order valence-corrected chi connectivity index (χ0v) is 13.3. The van der Waals surface area contributed by atoms with Crippen LogP contribution >= 0.6 is 0 Å². The van der Waals surface area contributed by atoms with Crippen LogP contribution in [0.2, 0.25) is 0 Å². The molecule has 0 aliphatic heterocycles. The molecule has 0 saturated carbocycles. The molecule has 4 aromatic rings. The summed E-state index contributed by atoms with van der Waals surface area (Å²) in [6, 6.07) is 21.0. The van der Waals surface area contributed by atoms with E-state index in [1.165, 1.54) is 6.33 Å². The topological polar surface area (TPSA) is 68.0 Å². The average molecular weight is 329 g/mol. The molecule has 0 radical (unpaired) electrons. The number of furan rings is 1. The second-order valence-corrected chi connectivity index (χ2v) is 5.59. The van der Waals surface area contributed by atoms with E-state index in [0.29, 0.717) is 17.9 Å². The first-order valence-corrected chi connectivity index (χ1v) is 7.93. The molecular formula is C20H15N3O2. The average Bonchev–Trinajstić information content (AvgIpc) is 3.11. The van der Waals surface area contributed by atoms with E-state index >= 15 is 0 Å². The molecule has 0 unspecified atom stereocenters. The van der Waals surface area contributed by atoms with E-state index in [1.807, 2.05) is 60.7 Å². The Morgan fingerprint density at radius 1 is 0.960 bits per heavy atom. The van der Waals surface area contributed by atoms with Gasteiger partial charge >= 0.3 is 0 Å². The normalized spacial score (nSPS) is 10.7. The molecule has 0 spiro atoms. The van der Waals surface area contributed by atoms with Gasteiger partial charge in [0.2, 0.25) is 0 Å². The van der Waals surface area contributed by atoms with Crippen molar-refractivity contribution < 1.29 is 9.21 Å². The van der Waals surface area contributed by atoms with Crippen LogP contribution in [0.1, 0.15) is 16.2 Å². The van der Waals surface area contributed by atoms with Crippen LogP contribution in [0.25, 0.3) is 22.2 Å². The molecule has 5 nitrogen and oxygen atoms in total. The zero-order valence-electron chi connectivity index (χ0n) is 13.3. The van der Waals surface area contributed by atoms with Crippen molar-refractivity contribution in [1.82, 2.24) is 15.3 Å². The lowest BCUT2D eigenvalue weighted by atomic mass is 10.1. The monoisotopic (exact) mass is 329 g/mol. The summed E-state index contributed by atoms with van der Waals surface area (Å²) in [5, 5.41) is 3.74. The highest BCUT2D eigenvalue weighted by Crippen LogP contribution is 2.19. The highest BCUT2D eigenvalue weighted by Gasteiger charge is 2.12. The van der Waals surface area contributed by atoms with E-state index in [0.717, 1.165) is 22.3 Å². The molecule has 122 valence electrons. The number of para-hydroxylation sites is 1. The lowest BCUT2D eigenvalue weighted by Gasteiger charge is -2.05. The third-order valence-corrected chi connectivity index (χ3v) is 3.87. The molecule has 5 heteroatoms. The molecule has 0 bridgehead atoms. The Kier molecular flexibility index (Phi) is 3.96. The third kappa shape index (κ3) is 3.26. The van der Waals surface area contributed by atoms with Crippen LogP contribution in [0.5, 0.6) is 0 Å².